The molecule has 4 aromatic rings. The second-order valence-corrected chi connectivity index (χ2v) is 5.74. The molecule has 0 bridgehead atoms. The topological polar surface area (TPSA) is 50.9 Å². The quantitative estimate of drug-likeness (QED) is 0.430. The number of rotatable bonds is 5. The third kappa shape index (κ3) is 3.15. The van der Waals surface area contributed by atoms with Crippen molar-refractivity contribution in [3.05, 3.63) is 84.7 Å². The number of benzene rings is 2. The van der Waals surface area contributed by atoms with Crippen LogP contribution in [0.2, 0.25) is 0 Å². The number of anilines is 1. The molecule has 2 aromatic heterocycles. The van der Waals surface area contributed by atoms with Crippen LogP contribution in [0.25, 0.3) is 16.9 Å². The Kier molecular flexibility index (Phi) is 4.35. The fourth-order valence-corrected chi connectivity index (χ4v) is 2.78. The Balaban J connectivity index is 1.69. The van der Waals surface area contributed by atoms with Crippen LogP contribution in [0.3, 0.4) is 0 Å². The molecule has 4 rings (SSSR count). The first-order valence-electron chi connectivity index (χ1n) is 8.31. The fraction of sp³-hybridized carbons (Fsp3) is 0.0476. The van der Waals surface area contributed by atoms with E-state index in [0.29, 0.717) is 0 Å². The molecule has 0 saturated heterocycles. The summed E-state index contributed by atoms with van der Waals surface area (Å²) < 4.78 is 7.30. The number of fused-ring (bicyclic) bond motifs is 1. The van der Waals surface area contributed by atoms with Crippen LogP contribution in [0.15, 0.2) is 84.1 Å². The second-order valence-electron chi connectivity index (χ2n) is 5.74. The van der Waals surface area contributed by atoms with Gasteiger partial charge in [-0.05, 0) is 48.5 Å². The summed E-state index contributed by atoms with van der Waals surface area (Å²) in [5, 5.41) is 4.33. The largest absolute Gasteiger partial charge is 0.497 e. The molecule has 0 atom stereocenters. The summed E-state index contributed by atoms with van der Waals surface area (Å²) in [4.78, 5) is 4.78. The van der Waals surface area contributed by atoms with Gasteiger partial charge in [-0.1, -0.05) is 24.3 Å². The second kappa shape index (κ2) is 7.11. The summed E-state index contributed by atoms with van der Waals surface area (Å²) in [5.74, 6) is 1.69. The van der Waals surface area contributed by atoms with Gasteiger partial charge in [0.2, 0.25) is 0 Å². The normalized spacial score (nSPS) is 11.1. The van der Waals surface area contributed by atoms with E-state index in [1.54, 1.807) is 13.3 Å². The smallest absolute Gasteiger partial charge is 0.145 e. The van der Waals surface area contributed by atoms with Crippen molar-refractivity contribution in [3.8, 4) is 17.1 Å². The summed E-state index contributed by atoms with van der Waals surface area (Å²) in [5.41, 5.74) is 6.78. The molecular formula is C21H18N4O. The Bertz CT molecular complexity index is 1040. The van der Waals surface area contributed by atoms with Crippen molar-refractivity contribution in [2.45, 2.75) is 0 Å². The Morgan fingerprint density at radius 1 is 0.962 bits per heavy atom. The molecule has 5 nitrogen and oxygen atoms in total. The Morgan fingerprint density at radius 3 is 2.50 bits per heavy atom. The van der Waals surface area contributed by atoms with Crippen LogP contribution in [-0.2, 0) is 0 Å². The fourth-order valence-electron chi connectivity index (χ4n) is 2.78. The van der Waals surface area contributed by atoms with Crippen LogP contribution >= 0.6 is 0 Å². The zero-order valence-electron chi connectivity index (χ0n) is 14.3. The maximum absolute atomic E-state index is 5.24. The molecule has 2 aromatic carbocycles. The highest BCUT2D eigenvalue weighted by Crippen LogP contribution is 2.24. The van der Waals surface area contributed by atoms with Gasteiger partial charge in [0, 0.05) is 11.8 Å². The van der Waals surface area contributed by atoms with E-state index in [1.165, 1.54) is 0 Å². The summed E-state index contributed by atoms with van der Waals surface area (Å²) in [7, 11) is 1.66. The highest BCUT2D eigenvalue weighted by molar-refractivity contribution is 5.89. The molecule has 0 aliphatic rings. The van der Waals surface area contributed by atoms with Crippen LogP contribution in [0.5, 0.6) is 5.75 Å². The average Bonchev–Trinajstić information content (AvgIpc) is 3.08. The number of nitrogens with zero attached hydrogens (tertiary/aromatic N) is 3. The molecule has 0 radical (unpaired) electrons. The first-order chi connectivity index (χ1) is 12.8. The van der Waals surface area contributed by atoms with Crippen LogP contribution in [0, 0.1) is 0 Å². The molecule has 0 fully saturated rings. The number of aromatic nitrogens is 2. The van der Waals surface area contributed by atoms with Crippen molar-refractivity contribution < 1.29 is 4.74 Å². The third-order valence-corrected chi connectivity index (χ3v) is 4.08. The van der Waals surface area contributed by atoms with Gasteiger partial charge in [0.05, 0.1) is 24.5 Å². The molecule has 0 saturated carbocycles. The summed E-state index contributed by atoms with van der Waals surface area (Å²) >= 11 is 0. The average molecular weight is 342 g/mol. The zero-order valence-corrected chi connectivity index (χ0v) is 14.3. The van der Waals surface area contributed by atoms with E-state index in [1.807, 2.05) is 79.0 Å². The van der Waals surface area contributed by atoms with Crippen LogP contribution in [0.1, 0.15) is 5.69 Å². The molecule has 0 aliphatic heterocycles. The number of para-hydroxylation sites is 1. The highest BCUT2D eigenvalue weighted by Gasteiger charge is 2.11. The van der Waals surface area contributed by atoms with Gasteiger partial charge in [0.15, 0.2) is 0 Å². The van der Waals surface area contributed by atoms with Crippen molar-refractivity contribution in [2.24, 2.45) is 5.10 Å². The Labute approximate surface area is 151 Å². The van der Waals surface area contributed by atoms with Crippen molar-refractivity contribution in [3.63, 3.8) is 0 Å². The van der Waals surface area contributed by atoms with Crippen molar-refractivity contribution >= 4 is 17.4 Å². The summed E-state index contributed by atoms with van der Waals surface area (Å²) in [6.07, 6.45) is 3.75. The number of hydrazone groups is 1. The van der Waals surface area contributed by atoms with E-state index in [0.717, 1.165) is 34.0 Å². The molecule has 0 aliphatic carbocycles. The Hall–Kier alpha value is -3.60. The van der Waals surface area contributed by atoms with Gasteiger partial charge in [-0.25, -0.2) is 4.98 Å². The number of ether oxygens (including phenoxy) is 1. The lowest BCUT2D eigenvalue weighted by atomic mass is 10.2. The molecule has 5 heteroatoms. The number of pyridine rings is 1. The lowest BCUT2D eigenvalue weighted by Crippen LogP contribution is -1.91. The molecular weight excluding hydrogens is 324 g/mol. The number of methoxy groups -OCH3 is 1. The van der Waals surface area contributed by atoms with E-state index in [2.05, 4.69) is 14.9 Å². The molecule has 128 valence electrons. The van der Waals surface area contributed by atoms with Crippen LogP contribution in [0.4, 0.5) is 5.69 Å². The summed E-state index contributed by atoms with van der Waals surface area (Å²) in [6, 6.07) is 23.7. The predicted molar refractivity (Wildman–Crippen MR) is 105 cm³/mol. The van der Waals surface area contributed by atoms with Gasteiger partial charge in [0.25, 0.3) is 0 Å². The van der Waals surface area contributed by atoms with Crippen molar-refractivity contribution in [1.82, 2.24) is 9.38 Å². The van der Waals surface area contributed by atoms with Crippen molar-refractivity contribution in [1.29, 1.82) is 0 Å². The van der Waals surface area contributed by atoms with E-state index in [4.69, 9.17) is 9.72 Å². The van der Waals surface area contributed by atoms with Gasteiger partial charge in [0.1, 0.15) is 17.3 Å². The van der Waals surface area contributed by atoms with Gasteiger partial charge < -0.3 is 4.74 Å². The third-order valence-electron chi connectivity index (χ3n) is 4.08. The molecule has 0 amide bonds. The van der Waals surface area contributed by atoms with E-state index in [9.17, 15) is 0 Å². The molecule has 0 spiro atoms. The zero-order chi connectivity index (χ0) is 17.8. The van der Waals surface area contributed by atoms with Gasteiger partial charge in [-0.3, -0.25) is 9.83 Å². The van der Waals surface area contributed by atoms with E-state index in [-0.39, 0.29) is 0 Å². The SMILES string of the molecule is COc1ccc(-c2nc(/C=N/Nc3ccccc3)c3ccccn23)cc1. The van der Waals surface area contributed by atoms with Crippen LogP contribution in [-0.4, -0.2) is 22.7 Å². The number of imidazole rings is 1. The van der Waals surface area contributed by atoms with E-state index >= 15 is 0 Å². The molecule has 1 N–H and O–H groups in total. The van der Waals surface area contributed by atoms with Crippen molar-refractivity contribution in [2.75, 3.05) is 12.5 Å². The Morgan fingerprint density at radius 2 is 1.73 bits per heavy atom. The van der Waals surface area contributed by atoms with Crippen LogP contribution < -0.4 is 10.2 Å². The minimum atomic E-state index is 0.805. The standard InChI is InChI=1S/C21H18N4O/c1-26-18-12-10-16(11-13-18)21-23-19(20-9-5-6-14-25(20)21)15-22-24-17-7-3-2-4-8-17/h2-15,24H,1H3/b22-15+. The van der Waals surface area contributed by atoms with Gasteiger partial charge in [-0.15, -0.1) is 0 Å². The monoisotopic (exact) mass is 342 g/mol. The lowest BCUT2D eigenvalue weighted by molar-refractivity contribution is 0.415. The molecule has 26 heavy (non-hydrogen) atoms. The molecule has 0 unspecified atom stereocenters. The minimum absolute atomic E-state index is 0.805. The maximum atomic E-state index is 5.24. The maximum Gasteiger partial charge on any atom is 0.145 e. The van der Waals surface area contributed by atoms with Gasteiger partial charge >= 0.3 is 0 Å². The first-order valence-corrected chi connectivity index (χ1v) is 8.31. The number of nitrogens with one attached hydrogen (secondary N) is 1. The highest BCUT2D eigenvalue weighted by atomic mass is 16.5. The first kappa shape index (κ1) is 15.9. The number of hydrogen-bond acceptors (Lipinski definition) is 4. The predicted octanol–water partition coefficient (Wildman–Crippen LogP) is 4.46. The number of hydrogen-bond donors (Lipinski definition) is 1. The minimum Gasteiger partial charge on any atom is -0.497 e. The lowest BCUT2D eigenvalue weighted by Gasteiger charge is -2.03. The summed E-state index contributed by atoms with van der Waals surface area (Å²) in [6.45, 7) is 0. The van der Waals surface area contributed by atoms with Gasteiger partial charge in [-0.2, -0.15) is 5.10 Å². The molecule has 2 heterocycles. The van der Waals surface area contributed by atoms with E-state index < -0.39 is 0 Å².